The van der Waals surface area contributed by atoms with E-state index in [0.29, 0.717) is 0 Å². The van der Waals surface area contributed by atoms with Crippen molar-refractivity contribution in [3.05, 3.63) is 48.0 Å². The molecule has 1 aromatic rings. The molecule has 1 unspecified atom stereocenters. The van der Waals surface area contributed by atoms with Crippen molar-refractivity contribution in [2.75, 3.05) is 13.2 Å². The highest BCUT2D eigenvalue weighted by atomic mass is 16.6. The molecule has 4 fully saturated rings. The van der Waals surface area contributed by atoms with Gasteiger partial charge in [0.2, 0.25) is 0 Å². The highest BCUT2D eigenvalue weighted by molar-refractivity contribution is 5.91. The minimum absolute atomic E-state index is 0.0119. The molecule has 266 valence electrons. The lowest BCUT2D eigenvalue weighted by Gasteiger charge is -2.65. The fourth-order valence-corrected chi connectivity index (χ4v) is 8.86. The van der Waals surface area contributed by atoms with Crippen LogP contribution in [0.15, 0.2) is 42.5 Å². The molecule has 3 aliphatic carbocycles. The molecular formula is C35H42O14. The Bertz CT molecular complexity index is 1570. The van der Waals surface area contributed by atoms with Crippen molar-refractivity contribution in [1.29, 1.82) is 0 Å². The molecule has 49 heavy (non-hydrogen) atoms. The van der Waals surface area contributed by atoms with E-state index in [0.717, 1.165) is 27.7 Å². The van der Waals surface area contributed by atoms with Crippen LogP contribution in [0.4, 0.5) is 0 Å². The molecular weight excluding hydrogens is 644 g/mol. The van der Waals surface area contributed by atoms with Gasteiger partial charge in [-0.2, -0.15) is 0 Å². The maximum atomic E-state index is 14.1. The van der Waals surface area contributed by atoms with Crippen LogP contribution in [0.2, 0.25) is 0 Å². The minimum Gasteiger partial charge on any atom is -0.462 e. The Morgan fingerprint density at radius 1 is 0.898 bits per heavy atom. The summed E-state index contributed by atoms with van der Waals surface area (Å²) in [5.74, 6) is -7.53. The van der Waals surface area contributed by atoms with Gasteiger partial charge in [-0.05, 0) is 24.6 Å². The highest BCUT2D eigenvalue weighted by Crippen LogP contribution is 2.67. The lowest BCUT2D eigenvalue weighted by molar-refractivity contribution is -0.302. The Hall–Kier alpha value is -4.14. The van der Waals surface area contributed by atoms with E-state index < -0.39 is 107 Å². The van der Waals surface area contributed by atoms with E-state index in [9.17, 15) is 39.0 Å². The van der Waals surface area contributed by atoms with Gasteiger partial charge in [0.15, 0.2) is 23.6 Å². The van der Waals surface area contributed by atoms with Crippen LogP contribution in [0.3, 0.4) is 0 Å². The van der Waals surface area contributed by atoms with Crippen molar-refractivity contribution in [3.8, 4) is 0 Å². The van der Waals surface area contributed by atoms with Crippen LogP contribution in [0, 0.1) is 22.7 Å². The van der Waals surface area contributed by atoms with E-state index in [1.54, 1.807) is 25.1 Å². The molecule has 0 aromatic heterocycles. The first-order chi connectivity index (χ1) is 22.8. The van der Waals surface area contributed by atoms with E-state index in [1.165, 1.54) is 19.1 Å². The number of hydrogen-bond acceptors (Lipinski definition) is 14. The number of fused-ring (bicyclic) bond motifs is 1. The first kappa shape index (κ1) is 36.1. The minimum atomic E-state index is -2.48. The summed E-state index contributed by atoms with van der Waals surface area (Å²) in [6.45, 7) is 10.4. The fourth-order valence-electron chi connectivity index (χ4n) is 8.86. The second kappa shape index (κ2) is 12.6. The summed E-state index contributed by atoms with van der Waals surface area (Å²) in [5, 5.41) is 24.6. The summed E-state index contributed by atoms with van der Waals surface area (Å²) in [4.78, 5) is 79.4. The lowest BCUT2D eigenvalue weighted by Crippen LogP contribution is -2.81. The van der Waals surface area contributed by atoms with E-state index >= 15 is 0 Å². The van der Waals surface area contributed by atoms with Gasteiger partial charge in [-0.3, -0.25) is 24.0 Å². The number of aliphatic hydroxyl groups excluding tert-OH is 1. The monoisotopic (exact) mass is 686 g/mol. The van der Waals surface area contributed by atoms with Crippen LogP contribution in [0.5, 0.6) is 0 Å². The Kier molecular flexibility index (Phi) is 9.32. The van der Waals surface area contributed by atoms with Gasteiger partial charge in [0.1, 0.15) is 24.4 Å². The highest BCUT2D eigenvalue weighted by Gasteiger charge is 2.83. The molecule has 1 heterocycles. The molecule has 11 atom stereocenters. The smallest absolute Gasteiger partial charge is 0.338 e. The van der Waals surface area contributed by atoms with Crippen molar-refractivity contribution in [2.24, 2.45) is 22.7 Å². The van der Waals surface area contributed by atoms with E-state index in [2.05, 4.69) is 6.58 Å². The van der Waals surface area contributed by atoms with Crippen molar-refractivity contribution < 1.29 is 67.4 Å². The predicted octanol–water partition coefficient (Wildman–Crippen LogP) is 1.62. The number of carbonyl (C=O) groups excluding carboxylic acids is 6. The van der Waals surface area contributed by atoms with Gasteiger partial charge in [0.25, 0.3) is 0 Å². The number of carbonyl (C=O) groups is 6. The normalized spacial score (nSPS) is 39.4. The standard InChI is InChI=1S/C35H42O14/c1-17-24(40)14-26(46-18(2)36)34(16-44-31(42)22-11-9-8-10-12-22)27(17)28(47-19(3)37)23-13-25(41)33(7)35(43,32(23,6)15-45-33)30(49-21(5)39)29(34)48-20(4)38/h8-12,23-24,26-30,40,43H,1,13-16H2,2-7H3/t23-,24-,26-,27?,28+,29-,30-,32+,33+,34-,35+/m0/s1. The summed E-state index contributed by atoms with van der Waals surface area (Å²) in [6, 6.07) is 7.88. The van der Waals surface area contributed by atoms with Gasteiger partial charge in [0.05, 0.1) is 23.7 Å². The number of hydrogen-bond donors (Lipinski definition) is 2. The number of Topliss-reactive ketones (excluding diaryl/α,β-unsaturated/α-hetero) is 1. The second-order valence-electron chi connectivity index (χ2n) is 13.8. The molecule has 4 bridgehead atoms. The van der Waals surface area contributed by atoms with Crippen LogP contribution in [-0.4, -0.2) is 101 Å². The Balaban J connectivity index is 1.91. The SMILES string of the molecule is C=C1C2[C@H](OC(C)=O)[C@@H]3CC(=O)[C@@]4(C)OC[C@@]3(C)[C@]4(O)[C@@H](OC(C)=O)[C@H](OC(C)=O)[C@@]2(COC(=O)c2ccccc2)[C@@H](OC(C)=O)C[C@@H]1O. The summed E-state index contributed by atoms with van der Waals surface area (Å²) in [6.07, 6.45) is -8.88. The maximum Gasteiger partial charge on any atom is 0.338 e. The summed E-state index contributed by atoms with van der Waals surface area (Å²) < 4.78 is 35.8. The average molecular weight is 687 g/mol. The summed E-state index contributed by atoms with van der Waals surface area (Å²) in [5.41, 5.74) is -8.00. The molecule has 2 N–H and O–H groups in total. The zero-order valence-electron chi connectivity index (χ0n) is 28.3. The van der Waals surface area contributed by atoms with Gasteiger partial charge in [0, 0.05) is 57.8 Å². The third kappa shape index (κ3) is 5.44. The fraction of sp³-hybridized carbons (Fsp3) is 0.600. The van der Waals surface area contributed by atoms with E-state index in [4.69, 9.17) is 28.4 Å². The molecule has 1 saturated heterocycles. The van der Waals surface area contributed by atoms with E-state index in [-0.39, 0.29) is 30.6 Å². The Labute approximate surface area is 283 Å². The molecule has 14 nitrogen and oxygen atoms in total. The van der Waals surface area contributed by atoms with Gasteiger partial charge in [-0.1, -0.05) is 31.7 Å². The van der Waals surface area contributed by atoms with Crippen molar-refractivity contribution in [3.63, 3.8) is 0 Å². The number of benzene rings is 1. The molecule has 4 aliphatic rings. The number of ketones is 1. The Morgan fingerprint density at radius 2 is 1.47 bits per heavy atom. The van der Waals surface area contributed by atoms with Crippen LogP contribution >= 0.6 is 0 Å². The van der Waals surface area contributed by atoms with Crippen LogP contribution in [-0.2, 0) is 52.4 Å². The number of rotatable bonds is 7. The van der Waals surface area contributed by atoms with Crippen LogP contribution < -0.4 is 0 Å². The first-order valence-electron chi connectivity index (χ1n) is 16.0. The third-order valence-corrected chi connectivity index (χ3v) is 11.1. The quantitative estimate of drug-likeness (QED) is 0.238. The molecule has 1 aromatic carbocycles. The van der Waals surface area contributed by atoms with E-state index in [1.807, 2.05) is 0 Å². The second-order valence-corrected chi connectivity index (χ2v) is 13.8. The van der Waals surface area contributed by atoms with Crippen molar-refractivity contribution in [2.45, 2.75) is 96.1 Å². The molecule has 14 heteroatoms. The lowest BCUT2D eigenvalue weighted by atomic mass is 9.43. The number of aliphatic hydroxyl groups is 2. The maximum absolute atomic E-state index is 14.1. The van der Waals surface area contributed by atoms with Crippen LogP contribution in [0.25, 0.3) is 0 Å². The van der Waals surface area contributed by atoms with Gasteiger partial charge < -0.3 is 38.6 Å². The van der Waals surface area contributed by atoms with Crippen molar-refractivity contribution >= 4 is 35.6 Å². The zero-order valence-corrected chi connectivity index (χ0v) is 28.3. The average Bonchev–Trinajstić information content (AvgIpc) is 3.16. The van der Waals surface area contributed by atoms with Crippen molar-refractivity contribution in [1.82, 2.24) is 0 Å². The zero-order chi connectivity index (χ0) is 36.3. The predicted molar refractivity (Wildman–Crippen MR) is 165 cm³/mol. The number of ether oxygens (including phenoxy) is 6. The summed E-state index contributed by atoms with van der Waals surface area (Å²) in [7, 11) is 0. The number of esters is 5. The molecule has 0 spiro atoms. The van der Waals surface area contributed by atoms with Crippen LogP contribution in [0.1, 0.15) is 64.7 Å². The molecule has 1 aliphatic heterocycles. The molecule has 3 saturated carbocycles. The largest absolute Gasteiger partial charge is 0.462 e. The summed E-state index contributed by atoms with van der Waals surface area (Å²) >= 11 is 0. The van der Waals surface area contributed by atoms with Gasteiger partial charge >= 0.3 is 29.8 Å². The van der Waals surface area contributed by atoms with Gasteiger partial charge in [-0.25, -0.2) is 4.79 Å². The molecule has 0 radical (unpaired) electrons. The molecule has 5 rings (SSSR count). The first-order valence-corrected chi connectivity index (χ1v) is 16.0. The van der Waals surface area contributed by atoms with Gasteiger partial charge in [-0.15, -0.1) is 0 Å². The Morgan fingerprint density at radius 3 is 2.04 bits per heavy atom. The topological polar surface area (TPSA) is 198 Å². The third-order valence-electron chi connectivity index (χ3n) is 11.1. The molecule has 0 amide bonds.